The van der Waals surface area contributed by atoms with Crippen LogP contribution in [-0.4, -0.2) is 15.1 Å². The monoisotopic (exact) mass is 340 g/mol. The molecule has 2 N–H and O–H groups in total. The lowest BCUT2D eigenvalue weighted by atomic mass is 9.77. The first kappa shape index (κ1) is 15.5. The Hall–Kier alpha value is -2.05. The van der Waals surface area contributed by atoms with E-state index in [0.29, 0.717) is 23.3 Å². The van der Waals surface area contributed by atoms with Crippen LogP contribution in [-0.2, 0) is 5.54 Å². The molecule has 1 saturated carbocycles. The summed E-state index contributed by atoms with van der Waals surface area (Å²) in [7, 11) is 0. The minimum atomic E-state index is -0.409. The quantitative estimate of drug-likeness (QED) is 0.765. The summed E-state index contributed by atoms with van der Waals surface area (Å²) in [6.07, 6.45) is 2.95. The molecule has 1 fully saturated rings. The van der Waals surface area contributed by atoms with Crippen LogP contribution in [0.2, 0.25) is 0 Å². The van der Waals surface area contributed by atoms with Gasteiger partial charge in [-0.15, -0.1) is 11.3 Å². The maximum Gasteiger partial charge on any atom is 0.277 e. The Morgan fingerprint density at radius 2 is 1.92 bits per heavy atom. The van der Waals surface area contributed by atoms with Crippen LogP contribution in [0.15, 0.2) is 34.2 Å². The molecule has 3 aromatic rings. The summed E-state index contributed by atoms with van der Waals surface area (Å²) in [6.45, 7) is 4.38. The number of thiazole rings is 1. The molecule has 2 heterocycles. The zero-order valence-electron chi connectivity index (χ0n) is 13.8. The van der Waals surface area contributed by atoms with Crippen molar-refractivity contribution in [2.24, 2.45) is 5.73 Å². The van der Waals surface area contributed by atoms with Gasteiger partial charge in [0.25, 0.3) is 5.89 Å². The summed E-state index contributed by atoms with van der Waals surface area (Å²) >= 11 is 1.58. The van der Waals surface area contributed by atoms with Crippen molar-refractivity contribution in [1.82, 2.24) is 15.1 Å². The molecule has 0 aliphatic heterocycles. The smallest absolute Gasteiger partial charge is 0.277 e. The third kappa shape index (κ3) is 2.65. The van der Waals surface area contributed by atoms with Gasteiger partial charge in [-0.3, -0.25) is 0 Å². The molecule has 0 saturated heterocycles. The molecule has 6 heteroatoms. The molecule has 124 valence electrons. The van der Waals surface area contributed by atoms with Crippen LogP contribution >= 0.6 is 11.3 Å². The second kappa shape index (κ2) is 5.79. The van der Waals surface area contributed by atoms with Crippen LogP contribution in [0.3, 0.4) is 0 Å². The average molecular weight is 340 g/mol. The third-order valence-electron chi connectivity index (χ3n) is 4.66. The molecule has 0 amide bonds. The van der Waals surface area contributed by atoms with Crippen molar-refractivity contribution in [1.29, 1.82) is 0 Å². The zero-order chi connectivity index (χ0) is 16.7. The fraction of sp³-hybridized carbons (Fsp3) is 0.389. The van der Waals surface area contributed by atoms with Gasteiger partial charge in [-0.05, 0) is 30.7 Å². The summed E-state index contributed by atoms with van der Waals surface area (Å²) < 4.78 is 5.38. The largest absolute Gasteiger partial charge is 0.332 e. The summed E-state index contributed by atoms with van der Waals surface area (Å²) in [4.78, 5) is 9.11. The number of nitrogens with two attached hydrogens (primary N) is 1. The highest BCUT2D eigenvalue weighted by molar-refractivity contribution is 7.13. The van der Waals surface area contributed by atoms with Gasteiger partial charge in [0.15, 0.2) is 5.82 Å². The first-order valence-corrected chi connectivity index (χ1v) is 9.12. The Bertz CT molecular complexity index is 846. The summed E-state index contributed by atoms with van der Waals surface area (Å²) in [6, 6.07) is 8.53. The number of rotatable bonds is 4. The van der Waals surface area contributed by atoms with E-state index < -0.39 is 5.54 Å². The first-order chi connectivity index (χ1) is 11.5. The highest BCUT2D eigenvalue weighted by Crippen LogP contribution is 2.38. The molecule has 0 atom stereocenters. The van der Waals surface area contributed by atoms with Gasteiger partial charge in [0, 0.05) is 10.9 Å². The molecular weight excluding hydrogens is 320 g/mol. The number of hydrogen-bond acceptors (Lipinski definition) is 6. The lowest BCUT2D eigenvalue weighted by Crippen LogP contribution is -2.44. The topological polar surface area (TPSA) is 77.8 Å². The molecule has 0 bridgehead atoms. The second-order valence-electron chi connectivity index (χ2n) is 6.75. The van der Waals surface area contributed by atoms with E-state index in [1.54, 1.807) is 11.3 Å². The minimum absolute atomic E-state index is 0.409. The summed E-state index contributed by atoms with van der Waals surface area (Å²) in [5, 5.41) is 6.95. The normalized spacial score (nSPS) is 16.3. The first-order valence-electron chi connectivity index (χ1n) is 8.24. The number of aromatic nitrogens is 3. The van der Waals surface area contributed by atoms with E-state index in [1.165, 1.54) is 5.56 Å². The van der Waals surface area contributed by atoms with E-state index in [2.05, 4.69) is 53.2 Å². The number of nitrogens with zero attached hydrogens (tertiary/aromatic N) is 3. The van der Waals surface area contributed by atoms with Crippen molar-refractivity contribution in [3.8, 4) is 22.2 Å². The Morgan fingerprint density at radius 1 is 1.17 bits per heavy atom. The Morgan fingerprint density at radius 3 is 2.54 bits per heavy atom. The van der Waals surface area contributed by atoms with E-state index in [1.807, 2.05) is 5.38 Å². The van der Waals surface area contributed by atoms with Crippen molar-refractivity contribution in [3.63, 3.8) is 0 Å². The molecule has 1 aliphatic carbocycles. The zero-order valence-corrected chi connectivity index (χ0v) is 14.6. The van der Waals surface area contributed by atoms with Crippen molar-refractivity contribution >= 4 is 11.3 Å². The van der Waals surface area contributed by atoms with Crippen LogP contribution in [0.4, 0.5) is 0 Å². The average Bonchev–Trinajstić information content (AvgIpc) is 3.22. The molecule has 24 heavy (non-hydrogen) atoms. The minimum Gasteiger partial charge on any atom is -0.332 e. The van der Waals surface area contributed by atoms with E-state index in [9.17, 15) is 0 Å². The van der Waals surface area contributed by atoms with Gasteiger partial charge in [0.1, 0.15) is 10.7 Å². The maximum atomic E-state index is 6.25. The third-order valence-corrected chi connectivity index (χ3v) is 5.56. The van der Waals surface area contributed by atoms with E-state index in [-0.39, 0.29) is 0 Å². The van der Waals surface area contributed by atoms with Crippen molar-refractivity contribution in [3.05, 3.63) is 41.0 Å². The van der Waals surface area contributed by atoms with Crippen LogP contribution in [0.25, 0.3) is 22.2 Å². The van der Waals surface area contributed by atoms with Gasteiger partial charge in [0.2, 0.25) is 0 Å². The molecule has 1 aromatic carbocycles. The second-order valence-corrected chi connectivity index (χ2v) is 7.61. The molecular formula is C18H20N4OS. The SMILES string of the molecule is CC(C)c1ccc(-c2nc(-c3nc(C4(N)CCC4)no3)cs2)cc1. The molecule has 5 nitrogen and oxygen atoms in total. The number of benzene rings is 1. The fourth-order valence-corrected chi connectivity index (χ4v) is 3.63. The molecule has 1 aliphatic rings. The van der Waals surface area contributed by atoms with Crippen LogP contribution < -0.4 is 5.73 Å². The summed E-state index contributed by atoms with van der Waals surface area (Å²) in [5.41, 5.74) is 8.98. The van der Waals surface area contributed by atoms with E-state index >= 15 is 0 Å². The van der Waals surface area contributed by atoms with Gasteiger partial charge < -0.3 is 10.3 Å². The van der Waals surface area contributed by atoms with Crippen LogP contribution in [0.1, 0.15) is 50.4 Å². The van der Waals surface area contributed by atoms with Gasteiger partial charge >= 0.3 is 0 Å². The van der Waals surface area contributed by atoms with Crippen molar-refractivity contribution in [2.45, 2.75) is 44.6 Å². The predicted octanol–water partition coefficient (Wildman–Crippen LogP) is 4.32. The molecule has 0 spiro atoms. The van der Waals surface area contributed by atoms with Crippen LogP contribution in [0, 0.1) is 0 Å². The molecule has 2 aromatic heterocycles. The summed E-state index contributed by atoms with van der Waals surface area (Å²) in [5.74, 6) is 1.57. The fourth-order valence-electron chi connectivity index (χ4n) is 2.83. The van der Waals surface area contributed by atoms with Crippen LogP contribution in [0.5, 0.6) is 0 Å². The molecule has 0 radical (unpaired) electrons. The van der Waals surface area contributed by atoms with Gasteiger partial charge in [-0.2, -0.15) is 4.98 Å². The van der Waals surface area contributed by atoms with E-state index in [0.717, 1.165) is 29.8 Å². The maximum absolute atomic E-state index is 6.25. The highest BCUT2D eigenvalue weighted by atomic mass is 32.1. The van der Waals surface area contributed by atoms with Crippen molar-refractivity contribution in [2.75, 3.05) is 0 Å². The number of hydrogen-bond donors (Lipinski definition) is 1. The van der Waals surface area contributed by atoms with Crippen molar-refractivity contribution < 1.29 is 4.52 Å². The molecule has 0 unspecified atom stereocenters. The highest BCUT2D eigenvalue weighted by Gasteiger charge is 2.39. The lowest BCUT2D eigenvalue weighted by molar-refractivity contribution is 0.229. The van der Waals surface area contributed by atoms with E-state index in [4.69, 9.17) is 10.3 Å². The standard InChI is InChI=1S/C18H20N4OS/c1-11(2)12-4-6-13(7-5-12)16-20-14(10-24-16)15-21-17(22-23-15)18(19)8-3-9-18/h4-7,10-11H,3,8-9,19H2,1-2H3. The van der Waals surface area contributed by atoms with Gasteiger partial charge in [0.05, 0.1) is 5.54 Å². The predicted molar refractivity (Wildman–Crippen MR) is 94.6 cm³/mol. The molecule has 4 rings (SSSR count). The Kier molecular flexibility index (Phi) is 3.73. The lowest BCUT2D eigenvalue weighted by Gasteiger charge is -2.34. The van der Waals surface area contributed by atoms with Gasteiger partial charge in [-0.25, -0.2) is 4.98 Å². The Balaban J connectivity index is 1.58. The van der Waals surface area contributed by atoms with Gasteiger partial charge in [-0.1, -0.05) is 43.3 Å². The Labute approximate surface area is 144 Å².